The molecule has 0 aliphatic carbocycles. The van der Waals surface area contributed by atoms with Crippen molar-refractivity contribution in [1.82, 2.24) is 5.32 Å². The zero-order chi connectivity index (χ0) is 17.8. The maximum absolute atomic E-state index is 5.84. The van der Waals surface area contributed by atoms with Crippen LogP contribution in [-0.4, -0.2) is 19.8 Å². The van der Waals surface area contributed by atoms with Gasteiger partial charge < -0.3 is 14.8 Å². The number of fused-ring (bicyclic) bond motifs is 1. The van der Waals surface area contributed by atoms with Gasteiger partial charge in [-0.1, -0.05) is 38.1 Å². The Balaban J connectivity index is 1.98. The minimum Gasteiger partial charge on any atom is -0.490 e. The van der Waals surface area contributed by atoms with Gasteiger partial charge in [-0.2, -0.15) is 0 Å². The van der Waals surface area contributed by atoms with Crippen LogP contribution in [0.5, 0.6) is 11.5 Å². The molecular formula is C22H29NO2. The maximum Gasteiger partial charge on any atom is 0.161 e. The molecule has 0 saturated heterocycles. The third kappa shape index (κ3) is 3.82. The van der Waals surface area contributed by atoms with Gasteiger partial charge in [0.05, 0.1) is 19.3 Å². The van der Waals surface area contributed by atoms with E-state index in [-0.39, 0.29) is 6.04 Å². The van der Waals surface area contributed by atoms with E-state index in [2.05, 4.69) is 55.6 Å². The molecule has 1 aliphatic heterocycles. The molecule has 0 bridgehead atoms. The molecule has 3 nitrogen and oxygen atoms in total. The Bertz CT molecular complexity index is 707. The topological polar surface area (TPSA) is 30.5 Å². The van der Waals surface area contributed by atoms with Crippen molar-refractivity contribution in [2.75, 3.05) is 19.8 Å². The number of benzene rings is 2. The van der Waals surface area contributed by atoms with Crippen LogP contribution in [-0.2, 0) is 6.42 Å². The summed E-state index contributed by atoms with van der Waals surface area (Å²) in [6, 6.07) is 13.5. The molecule has 1 N–H and O–H groups in total. The standard InChI is InChI=1S/C22H29NO2/c1-5-24-20-13-18-11-12-23-22(19(18)14-21(20)25-6-2)17-9-7-16(8-10-17)15(3)4/h7-10,13-15,22-23H,5-6,11-12H2,1-4H3. The largest absolute Gasteiger partial charge is 0.490 e. The van der Waals surface area contributed by atoms with Gasteiger partial charge in [0.1, 0.15) is 0 Å². The highest BCUT2D eigenvalue weighted by Crippen LogP contribution is 2.38. The third-order valence-electron chi connectivity index (χ3n) is 4.80. The van der Waals surface area contributed by atoms with E-state index in [1.807, 2.05) is 13.8 Å². The van der Waals surface area contributed by atoms with Crippen molar-refractivity contribution in [3.63, 3.8) is 0 Å². The summed E-state index contributed by atoms with van der Waals surface area (Å²) in [6.45, 7) is 10.7. The molecule has 1 aliphatic rings. The fourth-order valence-corrected chi connectivity index (χ4v) is 3.47. The van der Waals surface area contributed by atoms with E-state index in [0.717, 1.165) is 24.5 Å². The quantitative estimate of drug-likeness (QED) is 0.816. The first-order chi connectivity index (χ1) is 12.1. The van der Waals surface area contributed by atoms with Crippen LogP contribution in [0.3, 0.4) is 0 Å². The van der Waals surface area contributed by atoms with Gasteiger partial charge in [-0.3, -0.25) is 0 Å². The molecule has 134 valence electrons. The number of hydrogen-bond acceptors (Lipinski definition) is 3. The Hall–Kier alpha value is -2.00. The van der Waals surface area contributed by atoms with Crippen molar-refractivity contribution in [1.29, 1.82) is 0 Å². The van der Waals surface area contributed by atoms with E-state index >= 15 is 0 Å². The molecule has 0 amide bonds. The monoisotopic (exact) mass is 339 g/mol. The smallest absolute Gasteiger partial charge is 0.161 e. The summed E-state index contributed by atoms with van der Waals surface area (Å²) in [5.74, 6) is 2.26. The highest BCUT2D eigenvalue weighted by Gasteiger charge is 2.24. The number of nitrogens with one attached hydrogen (secondary N) is 1. The van der Waals surface area contributed by atoms with Crippen molar-refractivity contribution in [3.8, 4) is 11.5 Å². The van der Waals surface area contributed by atoms with Crippen molar-refractivity contribution < 1.29 is 9.47 Å². The molecule has 25 heavy (non-hydrogen) atoms. The van der Waals surface area contributed by atoms with Crippen LogP contribution in [0.25, 0.3) is 0 Å². The predicted octanol–water partition coefficient (Wildman–Crippen LogP) is 4.84. The van der Waals surface area contributed by atoms with E-state index < -0.39 is 0 Å². The van der Waals surface area contributed by atoms with Crippen LogP contribution in [0.1, 0.15) is 61.9 Å². The van der Waals surface area contributed by atoms with Crippen molar-refractivity contribution in [2.45, 2.75) is 46.1 Å². The Morgan fingerprint density at radius 3 is 2.24 bits per heavy atom. The highest BCUT2D eigenvalue weighted by atomic mass is 16.5. The lowest BCUT2D eigenvalue weighted by Gasteiger charge is -2.29. The summed E-state index contributed by atoms with van der Waals surface area (Å²) >= 11 is 0. The first kappa shape index (κ1) is 17.8. The molecule has 0 aromatic heterocycles. The van der Waals surface area contributed by atoms with E-state index in [4.69, 9.17) is 9.47 Å². The second-order valence-electron chi connectivity index (χ2n) is 6.82. The molecule has 1 unspecified atom stereocenters. The maximum atomic E-state index is 5.84. The minimum absolute atomic E-state index is 0.208. The SMILES string of the molecule is CCOc1cc2c(cc1OCC)C(c1ccc(C(C)C)cc1)NCC2. The lowest BCUT2D eigenvalue weighted by atomic mass is 9.88. The van der Waals surface area contributed by atoms with Crippen molar-refractivity contribution in [3.05, 3.63) is 58.7 Å². The van der Waals surface area contributed by atoms with Gasteiger partial charge >= 0.3 is 0 Å². The molecule has 0 fully saturated rings. The van der Waals surface area contributed by atoms with Crippen molar-refractivity contribution >= 4 is 0 Å². The fourth-order valence-electron chi connectivity index (χ4n) is 3.47. The summed E-state index contributed by atoms with van der Waals surface area (Å²) in [5, 5.41) is 3.66. The predicted molar refractivity (Wildman–Crippen MR) is 103 cm³/mol. The van der Waals surface area contributed by atoms with Gasteiger partial charge in [-0.15, -0.1) is 0 Å². The van der Waals surface area contributed by atoms with Crippen molar-refractivity contribution in [2.24, 2.45) is 0 Å². The average Bonchev–Trinajstić information content (AvgIpc) is 2.62. The first-order valence-corrected chi connectivity index (χ1v) is 9.39. The molecule has 0 radical (unpaired) electrons. The molecule has 2 aromatic carbocycles. The van der Waals surface area contributed by atoms with Gasteiger partial charge in [0, 0.05) is 6.54 Å². The fraction of sp³-hybridized carbons (Fsp3) is 0.455. The van der Waals surface area contributed by atoms with Crippen LogP contribution in [0, 0.1) is 0 Å². The summed E-state index contributed by atoms with van der Waals surface area (Å²) in [7, 11) is 0. The van der Waals surface area contributed by atoms with Crippen LogP contribution < -0.4 is 14.8 Å². The van der Waals surface area contributed by atoms with E-state index in [1.165, 1.54) is 22.3 Å². The molecule has 3 heteroatoms. The minimum atomic E-state index is 0.208. The summed E-state index contributed by atoms with van der Waals surface area (Å²) in [6.07, 6.45) is 1.02. The number of rotatable bonds is 6. The van der Waals surface area contributed by atoms with Gasteiger partial charge in [0.2, 0.25) is 0 Å². The zero-order valence-corrected chi connectivity index (χ0v) is 15.8. The molecule has 0 saturated carbocycles. The molecule has 3 rings (SSSR count). The molecule has 2 aromatic rings. The molecule has 1 heterocycles. The van der Waals surface area contributed by atoms with Gasteiger partial charge in [-0.25, -0.2) is 0 Å². The number of hydrogen-bond donors (Lipinski definition) is 1. The zero-order valence-electron chi connectivity index (χ0n) is 15.8. The van der Waals surface area contributed by atoms with Gasteiger partial charge in [-0.05, 0) is 60.6 Å². The Morgan fingerprint density at radius 2 is 1.64 bits per heavy atom. The highest BCUT2D eigenvalue weighted by molar-refractivity contribution is 5.51. The summed E-state index contributed by atoms with van der Waals surface area (Å²) in [4.78, 5) is 0. The lowest BCUT2D eigenvalue weighted by molar-refractivity contribution is 0.286. The Labute approximate surface area is 151 Å². The second kappa shape index (κ2) is 7.92. The lowest BCUT2D eigenvalue weighted by Crippen LogP contribution is -2.30. The van der Waals surface area contributed by atoms with E-state index in [1.54, 1.807) is 0 Å². The van der Waals surface area contributed by atoms with E-state index in [0.29, 0.717) is 19.1 Å². The normalized spacial score (nSPS) is 16.6. The average molecular weight is 339 g/mol. The third-order valence-corrected chi connectivity index (χ3v) is 4.80. The molecular weight excluding hydrogens is 310 g/mol. The van der Waals surface area contributed by atoms with Crippen LogP contribution in [0.4, 0.5) is 0 Å². The first-order valence-electron chi connectivity index (χ1n) is 9.39. The Morgan fingerprint density at radius 1 is 1.00 bits per heavy atom. The van der Waals surface area contributed by atoms with Crippen LogP contribution in [0.15, 0.2) is 36.4 Å². The number of ether oxygens (including phenoxy) is 2. The van der Waals surface area contributed by atoms with Crippen LogP contribution >= 0.6 is 0 Å². The van der Waals surface area contributed by atoms with Gasteiger partial charge in [0.15, 0.2) is 11.5 Å². The Kier molecular flexibility index (Phi) is 5.64. The second-order valence-corrected chi connectivity index (χ2v) is 6.82. The molecule has 0 spiro atoms. The summed E-state index contributed by atoms with van der Waals surface area (Å²) in [5.41, 5.74) is 5.33. The summed E-state index contributed by atoms with van der Waals surface area (Å²) < 4.78 is 11.6. The molecule has 1 atom stereocenters. The van der Waals surface area contributed by atoms with Gasteiger partial charge in [0.25, 0.3) is 0 Å². The van der Waals surface area contributed by atoms with E-state index in [9.17, 15) is 0 Å². The van der Waals surface area contributed by atoms with Crippen LogP contribution in [0.2, 0.25) is 0 Å².